The maximum absolute atomic E-state index is 13.1. The van der Waals surface area contributed by atoms with Crippen LogP contribution in [0.4, 0.5) is 5.69 Å². The zero-order chi connectivity index (χ0) is 23.8. The summed E-state index contributed by atoms with van der Waals surface area (Å²) in [4.78, 5) is 46.1. The number of carbonyl (C=O) groups is 2. The van der Waals surface area contributed by atoms with Crippen molar-refractivity contribution in [2.75, 3.05) is 31.6 Å². The summed E-state index contributed by atoms with van der Waals surface area (Å²) in [6, 6.07) is 9.29. The first kappa shape index (κ1) is 24.6. The largest absolute Gasteiger partial charge is 0.467 e. The van der Waals surface area contributed by atoms with E-state index in [0.29, 0.717) is 50.5 Å². The zero-order valence-corrected chi connectivity index (χ0v) is 19.7. The highest BCUT2D eigenvalue weighted by Crippen LogP contribution is 2.35. The molecular weight excluding hydrogens is 422 g/mol. The number of hydrogen-bond acceptors (Lipinski definition) is 7. The van der Waals surface area contributed by atoms with Gasteiger partial charge >= 0.3 is 5.97 Å². The predicted octanol–water partition coefficient (Wildman–Crippen LogP) is 2.04. The topological polar surface area (TPSA) is 97.6 Å². The molecule has 3 rings (SSSR count). The molecule has 1 aromatic carbocycles. The van der Waals surface area contributed by atoms with Crippen LogP contribution in [-0.4, -0.2) is 63.8 Å². The maximum Gasteiger partial charge on any atom is 0.332 e. The number of ether oxygens (including phenoxy) is 1. The summed E-state index contributed by atoms with van der Waals surface area (Å²) in [6.07, 6.45) is 4.14. The molecule has 0 unspecified atom stereocenters. The molecule has 0 atom stereocenters. The Morgan fingerprint density at radius 3 is 2.42 bits per heavy atom. The van der Waals surface area contributed by atoms with E-state index in [0.717, 1.165) is 12.8 Å². The highest BCUT2D eigenvalue weighted by atomic mass is 16.5. The molecule has 9 heteroatoms. The number of esters is 1. The van der Waals surface area contributed by atoms with E-state index in [-0.39, 0.29) is 17.9 Å². The van der Waals surface area contributed by atoms with Gasteiger partial charge in [0.2, 0.25) is 5.91 Å². The second-order valence-corrected chi connectivity index (χ2v) is 8.27. The molecule has 0 spiro atoms. The predicted molar refractivity (Wildman–Crippen MR) is 125 cm³/mol. The van der Waals surface area contributed by atoms with E-state index in [1.165, 1.54) is 18.0 Å². The van der Waals surface area contributed by atoms with Crippen LogP contribution in [0, 0.1) is 0 Å². The van der Waals surface area contributed by atoms with Gasteiger partial charge < -0.3 is 9.64 Å². The molecule has 2 heterocycles. The number of anilines is 1. The molecule has 2 aromatic rings. The lowest BCUT2D eigenvalue weighted by Gasteiger charge is -2.46. The summed E-state index contributed by atoms with van der Waals surface area (Å²) < 4.78 is 6.65. The minimum atomic E-state index is -1.06. The van der Waals surface area contributed by atoms with Gasteiger partial charge in [-0.3, -0.25) is 14.5 Å². The van der Waals surface area contributed by atoms with E-state index in [4.69, 9.17) is 4.74 Å². The minimum Gasteiger partial charge on any atom is -0.467 e. The number of para-hydroxylation sites is 1. The number of piperidine rings is 1. The first-order valence-electron chi connectivity index (χ1n) is 11.6. The van der Waals surface area contributed by atoms with Crippen molar-refractivity contribution in [2.45, 2.75) is 58.0 Å². The molecule has 1 saturated heterocycles. The summed E-state index contributed by atoms with van der Waals surface area (Å²) in [5, 5.41) is 4.36. The summed E-state index contributed by atoms with van der Waals surface area (Å²) in [6.45, 7) is 6.09. The van der Waals surface area contributed by atoms with Crippen molar-refractivity contribution in [1.82, 2.24) is 19.7 Å². The molecule has 1 amide bonds. The average Bonchev–Trinajstić information content (AvgIpc) is 2.85. The van der Waals surface area contributed by atoms with E-state index in [2.05, 4.69) is 15.0 Å². The van der Waals surface area contributed by atoms with Crippen LogP contribution in [0.15, 0.2) is 41.3 Å². The third-order valence-electron chi connectivity index (χ3n) is 6.16. The fourth-order valence-corrected chi connectivity index (χ4v) is 4.37. The van der Waals surface area contributed by atoms with Crippen LogP contribution in [0.1, 0.15) is 45.4 Å². The van der Waals surface area contributed by atoms with Crippen LogP contribution < -0.4 is 10.5 Å². The first-order valence-corrected chi connectivity index (χ1v) is 11.6. The summed E-state index contributed by atoms with van der Waals surface area (Å²) in [5.74, 6) is 0.150. The lowest BCUT2D eigenvalue weighted by molar-refractivity contribution is -0.151. The lowest BCUT2D eigenvalue weighted by atomic mass is 9.84. The smallest absolute Gasteiger partial charge is 0.332 e. The molecular formula is C24H33N5O4. The fourth-order valence-electron chi connectivity index (χ4n) is 4.37. The van der Waals surface area contributed by atoms with Crippen molar-refractivity contribution in [1.29, 1.82) is 0 Å². The Kier molecular flexibility index (Phi) is 8.32. The van der Waals surface area contributed by atoms with Gasteiger partial charge in [-0.25, -0.2) is 14.5 Å². The quantitative estimate of drug-likeness (QED) is 0.534. The van der Waals surface area contributed by atoms with Gasteiger partial charge in [0.15, 0.2) is 0 Å². The molecule has 1 aromatic heterocycles. The Morgan fingerprint density at radius 2 is 1.82 bits per heavy atom. The van der Waals surface area contributed by atoms with E-state index >= 15 is 0 Å². The SMILES string of the molecule is CCCc1ncc(=O)n(CCN2CCC(C(=O)OC)(N(C(=O)CC)c3ccccc3)CC2)n1. The van der Waals surface area contributed by atoms with Gasteiger partial charge in [0.1, 0.15) is 11.4 Å². The average molecular weight is 456 g/mol. The molecule has 1 aliphatic heterocycles. The fraction of sp³-hybridized carbons (Fsp3) is 0.542. The third-order valence-corrected chi connectivity index (χ3v) is 6.16. The number of amides is 1. The van der Waals surface area contributed by atoms with Crippen molar-refractivity contribution < 1.29 is 14.3 Å². The number of hydrogen-bond donors (Lipinski definition) is 0. The van der Waals surface area contributed by atoms with Crippen LogP contribution in [0.5, 0.6) is 0 Å². The number of nitrogens with zero attached hydrogens (tertiary/aromatic N) is 5. The highest BCUT2D eigenvalue weighted by Gasteiger charge is 2.49. The van der Waals surface area contributed by atoms with Crippen LogP contribution in [-0.2, 0) is 27.3 Å². The van der Waals surface area contributed by atoms with Gasteiger partial charge in [-0.1, -0.05) is 32.0 Å². The number of carbonyl (C=O) groups excluding carboxylic acids is 2. The second kappa shape index (κ2) is 11.2. The molecule has 0 aliphatic carbocycles. The maximum atomic E-state index is 13.1. The van der Waals surface area contributed by atoms with E-state index in [1.807, 2.05) is 37.3 Å². The minimum absolute atomic E-state index is 0.115. The van der Waals surface area contributed by atoms with Crippen LogP contribution >= 0.6 is 0 Å². The number of benzene rings is 1. The number of rotatable bonds is 9. The highest BCUT2D eigenvalue weighted by molar-refractivity contribution is 6.02. The van der Waals surface area contributed by atoms with Gasteiger partial charge in [-0.2, -0.15) is 5.10 Å². The van der Waals surface area contributed by atoms with Crippen LogP contribution in [0.3, 0.4) is 0 Å². The van der Waals surface area contributed by atoms with Crippen LogP contribution in [0.25, 0.3) is 0 Å². The van der Waals surface area contributed by atoms with Crippen LogP contribution in [0.2, 0.25) is 0 Å². The van der Waals surface area contributed by atoms with E-state index < -0.39 is 11.5 Å². The second-order valence-electron chi connectivity index (χ2n) is 8.27. The molecule has 33 heavy (non-hydrogen) atoms. The molecule has 0 bridgehead atoms. The first-order chi connectivity index (χ1) is 15.9. The van der Waals surface area contributed by atoms with Crippen molar-refractivity contribution in [3.05, 3.63) is 52.7 Å². The monoisotopic (exact) mass is 455 g/mol. The van der Waals surface area contributed by atoms with Crippen molar-refractivity contribution >= 4 is 17.6 Å². The van der Waals surface area contributed by atoms with Gasteiger partial charge in [0, 0.05) is 38.2 Å². The van der Waals surface area contributed by atoms with E-state index in [1.54, 1.807) is 11.8 Å². The lowest BCUT2D eigenvalue weighted by Crippen LogP contribution is -2.62. The molecule has 9 nitrogen and oxygen atoms in total. The summed E-state index contributed by atoms with van der Waals surface area (Å²) in [7, 11) is 1.37. The standard InChI is InChI=1S/C24H33N5O4/c1-4-9-20-25-18-22(31)28(26-20)17-16-27-14-12-24(13-15-27,23(32)33-3)29(21(30)5-2)19-10-7-6-8-11-19/h6-8,10-11,18H,4-5,9,12-17H2,1-3H3. The third kappa shape index (κ3) is 5.47. The van der Waals surface area contributed by atoms with Gasteiger partial charge in [-0.15, -0.1) is 0 Å². The Bertz CT molecular complexity index is 999. The molecule has 1 aliphatic rings. The zero-order valence-electron chi connectivity index (χ0n) is 19.7. The van der Waals surface area contributed by atoms with Gasteiger partial charge in [0.05, 0.1) is 19.9 Å². The molecule has 178 valence electrons. The summed E-state index contributed by atoms with van der Waals surface area (Å²) >= 11 is 0. The Morgan fingerprint density at radius 1 is 1.12 bits per heavy atom. The summed E-state index contributed by atoms with van der Waals surface area (Å²) in [5.41, 5.74) is -0.585. The Balaban J connectivity index is 1.76. The number of methoxy groups -OCH3 is 1. The Labute approximate surface area is 194 Å². The normalized spacial score (nSPS) is 15.7. The molecule has 0 radical (unpaired) electrons. The van der Waals surface area contributed by atoms with Gasteiger partial charge in [0.25, 0.3) is 5.56 Å². The number of aromatic nitrogens is 3. The van der Waals surface area contributed by atoms with Crippen molar-refractivity contribution in [2.24, 2.45) is 0 Å². The molecule has 1 fully saturated rings. The van der Waals surface area contributed by atoms with E-state index in [9.17, 15) is 14.4 Å². The molecule has 0 saturated carbocycles. The van der Waals surface area contributed by atoms with Crippen molar-refractivity contribution in [3.63, 3.8) is 0 Å². The van der Waals surface area contributed by atoms with Gasteiger partial charge in [-0.05, 0) is 31.4 Å². The number of likely N-dealkylation sites (tertiary alicyclic amines) is 1. The molecule has 0 N–H and O–H groups in total. The number of aryl methyl sites for hydroxylation is 1. The Hall–Kier alpha value is -3.07. The van der Waals surface area contributed by atoms with Crippen molar-refractivity contribution in [3.8, 4) is 0 Å².